The van der Waals surface area contributed by atoms with Crippen LogP contribution in [0.25, 0.3) is 11.1 Å². The van der Waals surface area contributed by atoms with Crippen molar-refractivity contribution >= 4 is 17.5 Å². The van der Waals surface area contributed by atoms with Gasteiger partial charge in [0.1, 0.15) is 30.5 Å². The van der Waals surface area contributed by atoms with Gasteiger partial charge in [0.25, 0.3) is 0 Å². The molecule has 1 aliphatic heterocycles. The van der Waals surface area contributed by atoms with E-state index in [2.05, 4.69) is 9.97 Å². The average molecular weight is 486 g/mol. The second-order valence-electron chi connectivity index (χ2n) is 8.64. The Morgan fingerprint density at radius 1 is 0.912 bits per heavy atom. The molecule has 4 N–H and O–H groups in total. The van der Waals surface area contributed by atoms with Crippen molar-refractivity contribution in [2.75, 3.05) is 25.6 Å². The van der Waals surface area contributed by atoms with E-state index in [0.29, 0.717) is 23.0 Å². The van der Waals surface area contributed by atoms with E-state index in [1.165, 1.54) is 0 Å². The van der Waals surface area contributed by atoms with Crippen molar-refractivity contribution in [3.05, 3.63) is 76.6 Å². The van der Waals surface area contributed by atoms with Gasteiger partial charge in [0, 0.05) is 37.1 Å². The van der Waals surface area contributed by atoms with E-state index >= 15 is 0 Å². The minimum Gasteiger partial charge on any atom is -0.394 e. The number of hydrogen-bond donors (Lipinski definition) is 4. The predicted octanol–water partition coefficient (Wildman–Crippen LogP) is 1.97. The highest BCUT2D eigenvalue weighted by Crippen LogP contribution is 2.34. The summed E-state index contributed by atoms with van der Waals surface area (Å²) in [7, 11) is 3.78. The molecule has 9 heteroatoms. The van der Waals surface area contributed by atoms with Gasteiger partial charge in [-0.3, -0.25) is 0 Å². The average Bonchev–Trinajstić information content (AvgIpc) is 2.85. The number of hydrogen-bond acceptors (Lipinski definition) is 8. The maximum absolute atomic E-state index is 10.4. The van der Waals surface area contributed by atoms with Gasteiger partial charge in [-0.05, 0) is 34.7 Å². The number of ether oxygens (including phenoxy) is 1. The maximum atomic E-state index is 10.4. The molecular formula is C25H28ClN3O5. The molecule has 0 radical (unpaired) electrons. The Morgan fingerprint density at radius 2 is 1.59 bits per heavy atom. The summed E-state index contributed by atoms with van der Waals surface area (Å²) < 4.78 is 5.68. The first-order valence-corrected chi connectivity index (χ1v) is 11.3. The highest BCUT2D eigenvalue weighted by molar-refractivity contribution is 6.31. The van der Waals surface area contributed by atoms with E-state index in [1.54, 1.807) is 24.5 Å². The van der Waals surface area contributed by atoms with E-state index in [4.69, 9.17) is 16.3 Å². The smallest absolute Gasteiger partial charge is 0.224 e. The molecule has 2 aromatic carbocycles. The minimum atomic E-state index is -1.43. The lowest BCUT2D eigenvalue weighted by Gasteiger charge is -2.40. The number of nitrogens with zero attached hydrogens (tertiary/aromatic N) is 3. The van der Waals surface area contributed by atoms with Crippen molar-refractivity contribution in [3.63, 3.8) is 0 Å². The zero-order chi connectivity index (χ0) is 24.4. The molecule has 0 aliphatic carbocycles. The van der Waals surface area contributed by atoms with Crippen LogP contribution in [-0.2, 0) is 11.2 Å². The number of rotatable bonds is 6. The Labute approximate surface area is 203 Å². The van der Waals surface area contributed by atoms with Crippen molar-refractivity contribution in [2.45, 2.75) is 36.9 Å². The Kier molecular flexibility index (Phi) is 7.47. The molecular weight excluding hydrogens is 458 g/mol. The lowest BCUT2D eigenvalue weighted by molar-refractivity contribution is -0.231. The van der Waals surface area contributed by atoms with Crippen molar-refractivity contribution in [3.8, 4) is 11.1 Å². The van der Waals surface area contributed by atoms with Crippen molar-refractivity contribution in [1.82, 2.24) is 9.97 Å². The third-order valence-electron chi connectivity index (χ3n) is 6.01. The lowest BCUT2D eigenvalue weighted by Crippen LogP contribution is -2.55. The van der Waals surface area contributed by atoms with Gasteiger partial charge >= 0.3 is 0 Å². The molecule has 5 atom stereocenters. The first-order valence-electron chi connectivity index (χ1n) is 11.0. The SMILES string of the molecule is CN(C)c1ncc(-c2ccc(Cc3cc([C@@H]4O[C@H](CO)[C@@H](O)[C@H](O)[C@H]4O)ccc3Cl)cc2)cn1. The number of halogens is 1. The molecule has 180 valence electrons. The zero-order valence-electron chi connectivity index (χ0n) is 18.9. The van der Waals surface area contributed by atoms with Crippen LogP contribution in [0.3, 0.4) is 0 Å². The van der Waals surface area contributed by atoms with Gasteiger partial charge in [-0.25, -0.2) is 9.97 Å². The summed E-state index contributed by atoms with van der Waals surface area (Å²) in [5.74, 6) is 0.647. The second-order valence-corrected chi connectivity index (χ2v) is 9.05. The highest BCUT2D eigenvalue weighted by atomic mass is 35.5. The van der Waals surface area contributed by atoms with E-state index in [0.717, 1.165) is 22.3 Å². The predicted molar refractivity (Wildman–Crippen MR) is 129 cm³/mol. The Balaban J connectivity index is 1.52. The minimum absolute atomic E-state index is 0.475. The van der Waals surface area contributed by atoms with Crippen LogP contribution in [0.15, 0.2) is 54.9 Å². The van der Waals surface area contributed by atoms with Gasteiger partial charge in [-0.15, -0.1) is 0 Å². The van der Waals surface area contributed by atoms with Gasteiger partial charge in [0.05, 0.1) is 6.61 Å². The first kappa shape index (κ1) is 24.5. The molecule has 3 aromatic rings. The summed E-state index contributed by atoms with van der Waals surface area (Å²) in [4.78, 5) is 10.6. The van der Waals surface area contributed by atoms with Gasteiger partial charge in [-0.1, -0.05) is 48.0 Å². The molecule has 34 heavy (non-hydrogen) atoms. The van der Waals surface area contributed by atoms with Crippen LogP contribution in [0.2, 0.25) is 5.02 Å². The molecule has 0 unspecified atom stereocenters. The van der Waals surface area contributed by atoms with Gasteiger partial charge in [0.2, 0.25) is 5.95 Å². The fourth-order valence-corrected chi connectivity index (χ4v) is 4.20. The quantitative estimate of drug-likeness (QED) is 0.418. The summed E-state index contributed by atoms with van der Waals surface area (Å²) in [6.07, 6.45) is -1.92. The number of aliphatic hydroxyl groups is 4. The largest absolute Gasteiger partial charge is 0.394 e. The van der Waals surface area contributed by atoms with Crippen LogP contribution in [0, 0.1) is 0 Å². The molecule has 1 saturated heterocycles. The molecule has 0 bridgehead atoms. The standard InChI is InChI=1S/C25H28ClN3O5/c1-29(2)25-27-11-18(12-28-25)15-5-3-14(4-6-15)9-17-10-16(7-8-19(17)26)24-23(33)22(32)21(31)20(13-30)34-24/h3-8,10-12,20-24,30-33H,9,13H2,1-2H3/t20-,21-,22+,23-,24+/m1/s1. The van der Waals surface area contributed by atoms with Crippen molar-refractivity contribution in [1.29, 1.82) is 0 Å². The number of benzene rings is 2. The fraction of sp³-hybridized carbons (Fsp3) is 0.360. The second kappa shape index (κ2) is 10.4. The summed E-state index contributed by atoms with van der Waals surface area (Å²) in [6.45, 7) is -0.475. The topological polar surface area (TPSA) is 119 Å². The fourth-order valence-electron chi connectivity index (χ4n) is 4.02. The molecule has 1 fully saturated rings. The Bertz CT molecular complexity index is 1110. The van der Waals surface area contributed by atoms with E-state index < -0.39 is 37.1 Å². The number of aromatic nitrogens is 2. The number of aliphatic hydroxyl groups excluding tert-OH is 4. The summed E-state index contributed by atoms with van der Waals surface area (Å²) in [6, 6.07) is 13.2. The van der Waals surface area contributed by atoms with E-state index in [1.807, 2.05) is 49.3 Å². The normalized spacial score (nSPS) is 24.7. The Hall–Kier alpha value is -2.59. The molecule has 0 amide bonds. The zero-order valence-corrected chi connectivity index (χ0v) is 19.7. The lowest BCUT2D eigenvalue weighted by atomic mass is 9.90. The van der Waals surface area contributed by atoms with Crippen molar-refractivity contribution < 1.29 is 25.2 Å². The highest BCUT2D eigenvalue weighted by Gasteiger charge is 2.44. The van der Waals surface area contributed by atoms with E-state index in [9.17, 15) is 20.4 Å². The molecule has 4 rings (SSSR count). The van der Waals surface area contributed by atoms with Crippen LogP contribution < -0.4 is 4.90 Å². The van der Waals surface area contributed by atoms with Gasteiger partial charge in [0.15, 0.2) is 0 Å². The maximum Gasteiger partial charge on any atom is 0.224 e. The molecule has 0 spiro atoms. The summed E-state index contributed by atoms with van der Waals surface area (Å²) >= 11 is 6.44. The molecule has 2 heterocycles. The van der Waals surface area contributed by atoms with E-state index in [-0.39, 0.29) is 0 Å². The number of anilines is 1. The third-order valence-corrected chi connectivity index (χ3v) is 6.38. The van der Waals surface area contributed by atoms with Crippen LogP contribution >= 0.6 is 11.6 Å². The van der Waals surface area contributed by atoms with Crippen LogP contribution in [0.5, 0.6) is 0 Å². The summed E-state index contributed by atoms with van der Waals surface area (Å²) in [5, 5.41) is 40.6. The van der Waals surface area contributed by atoms with Gasteiger partial charge in [-0.2, -0.15) is 0 Å². The van der Waals surface area contributed by atoms with Crippen LogP contribution in [0.1, 0.15) is 22.8 Å². The Morgan fingerprint density at radius 3 is 2.21 bits per heavy atom. The van der Waals surface area contributed by atoms with Crippen LogP contribution in [-0.4, -0.2) is 75.5 Å². The molecule has 8 nitrogen and oxygen atoms in total. The van der Waals surface area contributed by atoms with Gasteiger partial charge < -0.3 is 30.1 Å². The molecule has 1 aliphatic rings. The monoisotopic (exact) mass is 485 g/mol. The molecule has 0 saturated carbocycles. The van der Waals surface area contributed by atoms with Crippen LogP contribution in [0.4, 0.5) is 5.95 Å². The third kappa shape index (κ3) is 5.07. The molecule has 1 aromatic heterocycles. The van der Waals surface area contributed by atoms with Crippen molar-refractivity contribution in [2.24, 2.45) is 0 Å². The first-order chi connectivity index (χ1) is 16.3. The summed E-state index contributed by atoms with van der Waals surface area (Å²) in [5.41, 5.74) is 4.37.